The van der Waals surface area contributed by atoms with Crippen LogP contribution in [-0.2, 0) is 7.05 Å². The van der Waals surface area contributed by atoms with Crippen LogP contribution in [0.5, 0.6) is 0 Å². The van der Waals surface area contributed by atoms with Crippen LogP contribution in [-0.4, -0.2) is 38.0 Å². The molecule has 2 N–H and O–H groups in total. The van der Waals surface area contributed by atoms with Crippen LogP contribution in [0.1, 0.15) is 16.2 Å². The van der Waals surface area contributed by atoms with E-state index < -0.39 is 0 Å². The molecule has 120 valence electrons. The smallest absolute Gasteiger partial charge is 0.271 e. The fraction of sp³-hybridized carbons (Fsp3) is 0.267. The van der Waals surface area contributed by atoms with Crippen molar-refractivity contribution in [1.82, 2.24) is 25.1 Å². The summed E-state index contributed by atoms with van der Waals surface area (Å²) in [5.74, 6) is 2.01. The minimum atomic E-state index is -0.212. The van der Waals surface area contributed by atoms with E-state index in [0.29, 0.717) is 23.7 Å². The zero-order valence-electron chi connectivity index (χ0n) is 12.9. The van der Waals surface area contributed by atoms with Crippen molar-refractivity contribution in [3.8, 4) is 11.5 Å². The highest BCUT2D eigenvalue weighted by Crippen LogP contribution is 2.20. The molecule has 0 unspecified atom stereocenters. The maximum atomic E-state index is 12.1. The molecular weight excluding hydrogens is 314 g/mol. The molecule has 0 atom stereocenters. The number of rotatable bonds is 6. The minimum Gasteiger partial charge on any atom is -0.460 e. The number of thioether (sulfide) groups is 1. The Morgan fingerprint density at radius 3 is 3.04 bits per heavy atom. The molecule has 0 aliphatic heterocycles. The summed E-state index contributed by atoms with van der Waals surface area (Å²) >= 11 is 1.59. The molecule has 0 fully saturated rings. The molecule has 0 saturated heterocycles. The van der Waals surface area contributed by atoms with Gasteiger partial charge < -0.3 is 14.3 Å². The van der Waals surface area contributed by atoms with Crippen LogP contribution in [0.4, 0.5) is 0 Å². The molecule has 1 amide bonds. The van der Waals surface area contributed by atoms with Crippen molar-refractivity contribution in [2.24, 2.45) is 7.05 Å². The van der Waals surface area contributed by atoms with Crippen LogP contribution in [0, 0.1) is 6.92 Å². The van der Waals surface area contributed by atoms with Crippen LogP contribution >= 0.6 is 11.8 Å². The molecule has 3 rings (SSSR count). The SMILES string of the molecule is Cc1ccc(-c2cc(C(=O)NCCSc3nccn3C)n[nH]2)o1. The number of nitrogens with zero attached hydrogens (tertiary/aromatic N) is 3. The first-order valence-electron chi connectivity index (χ1n) is 7.14. The van der Waals surface area contributed by atoms with Crippen molar-refractivity contribution in [3.05, 3.63) is 42.0 Å². The van der Waals surface area contributed by atoms with E-state index >= 15 is 0 Å². The summed E-state index contributed by atoms with van der Waals surface area (Å²) in [6.07, 6.45) is 3.64. The van der Waals surface area contributed by atoms with Crippen molar-refractivity contribution in [3.63, 3.8) is 0 Å². The highest BCUT2D eigenvalue weighted by Gasteiger charge is 2.12. The van der Waals surface area contributed by atoms with Crippen LogP contribution in [0.3, 0.4) is 0 Å². The highest BCUT2D eigenvalue weighted by molar-refractivity contribution is 7.99. The van der Waals surface area contributed by atoms with E-state index in [0.717, 1.165) is 16.7 Å². The predicted molar refractivity (Wildman–Crippen MR) is 87.3 cm³/mol. The van der Waals surface area contributed by atoms with E-state index in [1.165, 1.54) is 0 Å². The van der Waals surface area contributed by atoms with Crippen LogP contribution in [0.25, 0.3) is 11.5 Å². The Balaban J connectivity index is 1.51. The lowest BCUT2D eigenvalue weighted by Crippen LogP contribution is -2.26. The second-order valence-electron chi connectivity index (χ2n) is 5.00. The number of hydrogen-bond donors (Lipinski definition) is 2. The second-order valence-corrected chi connectivity index (χ2v) is 6.06. The van der Waals surface area contributed by atoms with Gasteiger partial charge in [0.2, 0.25) is 0 Å². The molecule has 23 heavy (non-hydrogen) atoms. The molecule has 0 aromatic carbocycles. The summed E-state index contributed by atoms with van der Waals surface area (Å²) in [5, 5.41) is 10.6. The molecule has 0 aliphatic carbocycles. The molecule has 7 nitrogen and oxygen atoms in total. The van der Waals surface area contributed by atoms with Crippen molar-refractivity contribution in [2.75, 3.05) is 12.3 Å². The average molecular weight is 331 g/mol. The zero-order chi connectivity index (χ0) is 16.2. The molecular formula is C15H17N5O2S. The fourth-order valence-electron chi connectivity index (χ4n) is 2.03. The summed E-state index contributed by atoms with van der Waals surface area (Å²) in [4.78, 5) is 16.3. The van der Waals surface area contributed by atoms with Gasteiger partial charge >= 0.3 is 0 Å². The first-order chi connectivity index (χ1) is 11.1. The average Bonchev–Trinajstić information content (AvgIpc) is 3.24. The van der Waals surface area contributed by atoms with Gasteiger partial charge in [0.15, 0.2) is 16.6 Å². The number of hydrogen-bond acceptors (Lipinski definition) is 5. The van der Waals surface area contributed by atoms with Crippen molar-refractivity contribution >= 4 is 17.7 Å². The Labute approximate surface area is 137 Å². The third-order valence-corrected chi connectivity index (χ3v) is 4.27. The maximum Gasteiger partial charge on any atom is 0.271 e. The maximum absolute atomic E-state index is 12.1. The van der Waals surface area contributed by atoms with Gasteiger partial charge in [-0.1, -0.05) is 11.8 Å². The Hall–Kier alpha value is -2.48. The summed E-state index contributed by atoms with van der Waals surface area (Å²) < 4.78 is 7.44. The Bertz CT molecular complexity index is 804. The first-order valence-corrected chi connectivity index (χ1v) is 8.12. The van der Waals surface area contributed by atoms with Gasteiger partial charge in [-0.2, -0.15) is 5.10 Å². The normalized spacial score (nSPS) is 10.9. The van der Waals surface area contributed by atoms with E-state index in [2.05, 4.69) is 20.5 Å². The Morgan fingerprint density at radius 2 is 2.35 bits per heavy atom. The molecule has 3 aromatic rings. The van der Waals surface area contributed by atoms with Gasteiger partial charge in [0.1, 0.15) is 11.5 Å². The highest BCUT2D eigenvalue weighted by atomic mass is 32.2. The number of aromatic nitrogens is 4. The lowest BCUT2D eigenvalue weighted by molar-refractivity contribution is 0.0951. The molecule has 0 radical (unpaired) electrons. The summed E-state index contributed by atoms with van der Waals surface area (Å²) in [5.41, 5.74) is 1.03. The standard InChI is InChI=1S/C15H17N5O2S/c1-10-3-4-13(22-10)11-9-12(19-18-11)14(21)16-6-8-23-15-17-5-7-20(15)2/h3-5,7,9H,6,8H2,1-2H3,(H,16,21)(H,18,19). The number of H-pyrrole nitrogens is 1. The van der Waals surface area contributed by atoms with Crippen LogP contribution in [0.15, 0.2) is 40.2 Å². The van der Waals surface area contributed by atoms with Crippen LogP contribution in [0.2, 0.25) is 0 Å². The van der Waals surface area contributed by atoms with E-state index in [1.54, 1.807) is 24.0 Å². The lowest BCUT2D eigenvalue weighted by Gasteiger charge is -2.03. The summed E-state index contributed by atoms with van der Waals surface area (Å²) in [6.45, 7) is 2.41. The largest absolute Gasteiger partial charge is 0.460 e. The summed E-state index contributed by atoms with van der Waals surface area (Å²) in [7, 11) is 1.94. The second kappa shape index (κ2) is 6.74. The molecule has 0 aliphatic rings. The van der Waals surface area contributed by atoms with E-state index in [1.807, 2.05) is 36.9 Å². The molecule has 3 heterocycles. The Kier molecular flexibility index (Phi) is 4.52. The van der Waals surface area contributed by atoms with E-state index in [4.69, 9.17) is 4.42 Å². The van der Waals surface area contributed by atoms with Crippen molar-refractivity contribution in [2.45, 2.75) is 12.1 Å². The molecule has 0 bridgehead atoms. The monoisotopic (exact) mass is 331 g/mol. The van der Waals surface area contributed by atoms with Gasteiger partial charge in [-0.15, -0.1) is 0 Å². The van der Waals surface area contributed by atoms with Crippen molar-refractivity contribution < 1.29 is 9.21 Å². The lowest BCUT2D eigenvalue weighted by atomic mass is 10.3. The number of aromatic amines is 1. The number of imidazole rings is 1. The fourth-order valence-corrected chi connectivity index (χ4v) is 2.82. The topological polar surface area (TPSA) is 88.7 Å². The third kappa shape index (κ3) is 3.65. The Morgan fingerprint density at radius 1 is 1.48 bits per heavy atom. The van der Waals surface area contributed by atoms with Gasteiger partial charge in [0.25, 0.3) is 5.91 Å². The molecule has 0 saturated carbocycles. The van der Waals surface area contributed by atoms with Gasteiger partial charge in [0.05, 0.1) is 0 Å². The summed E-state index contributed by atoms with van der Waals surface area (Å²) in [6, 6.07) is 5.39. The van der Waals surface area contributed by atoms with E-state index in [-0.39, 0.29) is 5.91 Å². The number of aryl methyl sites for hydroxylation is 2. The first kappa shape index (κ1) is 15.4. The van der Waals surface area contributed by atoms with Gasteiger partial charge in [-0.3, -0.25) is 9.89 Å². The zero-order valence-corrected chi connectivity index (χ0v) is 13.7. The van der Waals surface area contributed by atoms with Crippen LogP contribution < -0.4 is 5.32 Å². The number of furan rings is 1. The van der Waals surface area contributed by atoms with Crippen molar-refractivity contribution in [1.29, 1.82) is 0 Å². The molecule has 3 aromatic heterocycles. The number of nitrogens with one attached hydrogen (secondary N) is 2. The van der Waals surface area contributed by atoms with E-state index in [9.17, 15) is 4.79 Å². The van der Waals surface area contributed by atoms with Gasteiger partial charge in [-0.25, -0.2) is 4.98 Å². The quantitative estimate of drug-likeness (QED) is 0.534. The number of amides is 1. The molecule has 8 heteroatoms. The number of carbonyl (C=O) groups excluding carboxylic acids is 1. The predicted octanol–water partition coefficient (Wildman–Crippen LogP) is 2.23. The van der Waals surface area contributed by atoms with Gasteiger partial charge in [0, 0.05) is 37.8 Å². The molecule has 0 spiro atoms. The van der Waals surface area contributed by atoms with Gasteiger partial charge in [-0.05, 0) is 19.1 Å². The number of carbonyl (C=O) groups is 1. The third-order valence-electron chi connectivity index (χ3n) is 3.21. The minimum absolute atomic E-state index is 0.212.